The van der Waals surface area contributed by atoms with Crippen molar-refractivity contribution in [3.05, 3.63) is 125 Å². The molecule has 0 radical (unpaired) electrons. The zero-order chi connectivity index (χ0) is 32.4. The Bertz CT molecular complexity index is 1650. The molecule has 0 aliphatic heterocycles. The van der Waals surface area contributed by atoms with E-state index in [9.17, 15) is 23.1 Å². The van der Waals surface area contributed by atoms with Crippen molar-refractivity contribution in [1.82, 2.24) is 16.0 Å². The highest BCUT2D eigenvalue weighted by Gasteiger charge is 2.25. The molecule has 0 fully saturated rings. The molecular weight excluding hydrogens is 592 g/mol. The summed E-state index contributed by atoms with van der Waals surface area (Å²) in [5.41, 5.74) is 2.17. The molecule has 0 bridgehead atoms. The van der Waals surface area contributed by atoms with Crippen molar-refractivity contribution in [2.24, 2.45) is 0 Å². The standard InChI is InChI=1S/C34H40N4O6S/c1-4-45(42,43)38-29-20-27(33(40)36-24(3)32-16-11-17-44-32)19-28(21-29)34(41)37-30(18-25-12-7-5-8-13-25)31(39)22-35-23(2)26-14-9-6-10-15-26/h5-17,19-21,23-24,30-31,35,38-39H,4,18,22H2,1-3H3,(H,36,40)(H,37,41)/t23-,24?,30-,31+/m0/s1. The van der Waals surface area contributed by atoms with Gasteiger partial charge in [-0.3, -0.25) is 14.3 Å². The minimum Gasteiger partial charge on any atom is -0.467 e. The van der Waals surface area contributed by atoms with Gasteiger partial charge in [0.25, 0.3) is 11.8 Å². The Kier molecular flexibility index (Phi) is 11.5. The van der Waals surface area contributed by atoms with Crippen LogP contribution in [0.25, 0.3) is 0 Å². The van der Waals surface area contributed by atoms with Crippen LogP contribution in [-0.2, 0) is 16.4 Å². The second-order valence-electron chi connectivity index (χ2n) is 10.9. The van der Waals surface area contributed by atoms with E-state index in [1.807, 2.05) is 67.6 Å². The van der Waals surface area contributed by atoms with Crippen LogP contribution < -0.4 is 20.7 Å². The van der Waals surface area contributed by atoms with E-state index in [1.165, 1.54) is 31.4 Å². The van der Waals surface area contributed by atoms with Crippen molar-refractivity contribution in [2.75, 3.05) is 17.0 Å². The number of benzene rings is 3. The molecule has 1 heterocycles. The molecule has 5 N–H and O–H groups in total. The number of hydrogen-bond donors (Lipinski definition) is 5. The highest BCUT2D eigenvalue weighted by atomic mass is 32.2. The van der Waals surface area contributed by atoms with Gasteiger partial charge in [0.05, 0.1) is 35.9 Å². The fourth-order valence-corrected chi connectivity index (χ4v) is 5.41. The number of aliphatic hydroxyl groups is 1. The molecule has 11 heteroatoms. The molecular formula is C34H40N4O6S. The van der Waals surface area contributed by atoms with E-state index < -0.39 is 40.0 Å². The first kappa shape index (κ1) is 33.4. The summed E-state index contributed by atoms with van der Waals surface area (Å²) < 4.78 is 32.6. The van der Waals surface area contributed by atoms with Crippen LogP contribution in [0.5, 0.6) is 0 Å². The van der Waals surface area contributed by atoms with Crippen LogP contribution in [0.3, 0.4) is 0 Å². The number of carbonyl (C=O) groups excluding carboxylic acids is 2. The number of anilines is 1. The Labute approximate surface area is 264 Å². The van der Waals surface area contributed by atoms with Crippen LogP contribution in [0.2, 0.25) is 0 Å². The van der Waals surface area contributed by atoms with Gasteiger partial charge in [-0.25, -0.2) is 8.42 Å². The molecule has 4 rings (SSSR count). The number of rotatable bonds is 15. The summed E-state index contributed by atoms with van der Waals surface area (Å²) in [6.45, 7) is 5.42. The zero-order valence-electron chi connectivity index (χ0n) is 25.6. The van der Waals surface area contributed by atoms with Crippen LogP contribution in [0.1, 0.15) is 70.5 Å². The van der Waals surface area contributed by atoms with Crippen LogP contribution in [0.15, 0.2) is 102 Å². The summed E-state index contributed by atoms with van der Waals surface area (Å²) in [7, 11) is -3.71. The molecule has 3 aromatic carbocycles. The van der Waals surface area contributed by atoms with Gasteiger partial charge < -0.3 is 25.5 Å². The predicted molar refractivity (Wildman–Crippen MR) is 174 cm³/mol. The summed E-state index contributed by atoms with van der Waals surface area (Å²) in [6.07, 6.45) is 0.864. The van der Waals surface area contributed by atoms with Gasteiger partial charge in [-0.15, -0.1) is 0 Å². The van der Waals surface area contributed by atoms with Crippen molar-refractivity contribution in [3.8, 4) is 0 Å². The topological polar surface area (TPSA) is 150 Å². The molecule has 4 atom stereocenters. The summed E-state index contributed by atoms with van der Waals surface area (Å²) in [5.74, 6) is -0.750. The molecule has 238 valence electrons. The van der Waals surface area contributed by atoms with Gasteiger partial charge in [0.15, 0.2) is 0 Å². The number of aliphatic hydroxyl groups excluding tert-OH is 1. The number of sulfonamides is 1. The van der Waals surface area contributed by atoms with Gasteiger partial charge in [-0.05, 0) is 68.7 Å². The lowest BCUT2D eigenvalue weighted by Gasteiger charge is -2.26. The first-order valence-electron chi connectivity index (χ1n) is 14.9. The summed E-state index contributed by atoms with van der Waals surface area (Å²) in [6, 6.07) is 25.7. The van der Waals surface area contributed by atoms with Gasteiger partial charge in [0, 0.05) is 23.7 Å². The van der Waals surface area contributed by atoms with Gasteiger partial charge in [-0.1, -0.05) is 60.7 Å². The number of nitrogens with one attached hydrogen (secondary N) is 4. The van der Waals surface area contributed by atoms with Gasteiger partial charge in [-0.2, -0.15) is 0 Å². The van der Waals surface area contributed by atoms with E-state index in [2.05, 4.69) is 20.7 Å². The van der Waals surface area contributed by atoms with Gasteiger partial charge in [0.2, 0.25) is 10.0 Å². The van der Waals surface area contributed by atoms with Gasteiger partial charge >= 0.3 is 0 Å². The lowest BCUT2D eigenvalue weighted by Crippen LogP contribution is -2.49. The van der Waals surface area contributed by atoms with Crippen molar-refractivity contribution >= 4 is 27.5 Å². The van der Waals surface area contributed by atoms with E-state index in [0.29, 0.717) is 12.2 Å². The molecule has 0 aliphatic rings. The Morgan fingerprint density at radius 1 is 0.822 bits per heavy atom. The lowest BCUT2D eigenvalue weighted by atomic mass is 9.99. The SMILES string of the molecule is CCS(=O)(=O)Nc1cc(C(=O)NC(C)c2ccco2)cc(C(=O)N[C@@H](Cc2ccccc2)[C@H](O)CN[C@@H](C)c2ccccc2)c1. The molecule has 0 saturated carbocycles. The first-order chi connectivity index (χ1) is 21.5. The highest BCUT2D eigenvalue weighted by Crippen LogP contribution is 2.20. The van der Waals surface area contributed by atoms with Crippen molar-refractivity contribution in [2.45, 2.75) is 51.4 Å². The molecule has 2 amide bonds. The molecule has 10 nitrogen and oxygen atoms in total. The van der Waals surface area contributed by atoms with E-state index in [-0.39, 0.29) is 35.2 Å². The molecule has 0 aliphatic carbocycles. The zero-order valence-corrected chi connectivity index (χ0v) is 26.4. The average Bonchev–Trinajstić information content (AvgIpc) is 3.59. The molecule has 1 aromatic heterocycles. The minimum atomic E-state index is -3.71. The van der Waals surface area contributed by atoms with Crippen LogP contribution in [0.4, 0.5) is 5.69 Å². The van der Waals surface area contributed by atoms with Crippen molar-refractivity contribution in [1.29, 1.82) is 0 Å². The van der Waals surface area contributed by atoms with Gasteiger partial charge in [0.1, 0.15) is 5.76 Å². The maximum atomic E-state index is 13.7. The number of amides is 2. The first-order valence-corrected chi connectivity index (χ1v) is 16.5. The van der Waals surface area contributed by atoms with E-state index in [0.717, 1.165) is 11.1 Å². The summed E-state index contributed by atoms with van der Waals surface area (Å²) >= 11 is 0. The molecule has 0 saturated heterocycles. The summed E-state index contributed by atoms with van der Waals surface area (Å²) in [5, 5.41) is 20.4. The van der Waals surface area contributed by atoms with Crippen molar-refractivity contribution < 1.29 is 27.5 Å². The van der Waals surface area contributed by atoms with Crippen LogP contribution >= 0.6 is 0 Å². The monoisotopic (exact) mass is 632 g/mol. The molecule has 4 aromatic rings. The number of carbonyl (C=O) groups is 2. The van der Waals surface area contributed by atoms with E-state index >= 15 is 0 Å². The highest BCUT2D eigenvalue weighted by molar-refractivity contribution is 7.92. The Balaban J connectivity index is 1.58. The third-order valence-corrected chi connectivity index (χ3v) is 8.75. The Morgan fingerprint density at radius 2 is 1.44 bits per heavy atom. The van der Waals surface area contributed by atoms with Crippen molar-refractivity contribution in [3.63, 3.8) is 0 Å². The lowest BCUT2D eigenvalue weighted by molar-refractivity contribution is 0.0825. The second-order valence-corrected chi connectivity index (χ2v) is 12.9. The Morgan fingerprint density at radius 3 is 2.04 bits per heavy atom. The smallest absolute Gasteiger partial charge is 0.251 e. The normalized spacial score (nSPS) is 14.1. The third kappa shape index (κ3) is 9.77. The van der Waals surface area contributed by atoms with E-state index in [1.54, 1.807) is 19.1 Å². The van der Waals surface area contributed by atoms with Crippen LogP contribution in [0, 0.1) is 0 Å². The third-order valence-electron chi connectivity index (χ3n) is 7.44. The second kappa shape index (κ2) is 15.5. The predicted octanol–water partition coefficient (Wildman–Crippen LogP) is 4.59. The molecule has 45 heavy (non-hydrogen) atoms. The fraction of sp³-hybridized carbons (Fsp3) is 0.294. The average molecular weight is 633 g/mol. The summed E-state index contributed by atoms with van der Waals surface area (Å²) in [4.78, 5) is 27.0. The number of furan rings is 1. The molecule has 0 spiro atoms. The van der Waals surface area contributed by atoms with Crippen LogP contribution in [-0.4, -0.2) is 49.8 Å². The fourth-order valence-electron chi connectivity index (χ4n) is 4.79. The van der Waals surface area contributed by atoms with E-state index in [4.69, 9.17) is 4.42 Å². The minimum absolute atomic E-state index is 0.0400. The number of hydrogen-bond acceptors (Lipinski definition) is 7. The largest absolute Gasteiger partial charge is 0.467 e. The quantitative estimate of drug-likeness (QED) is 0.129. The maximum Gasteiger partial charge on any atom is 0.251 e. The maximum absolute atomic E-state index is 13.7. The molecule has 1 unspecified atom stereocenters. The Hall–Kier alpha value is -4.45.